The van der Waals surface area contributed by atoms with Crippen LogP contribution in [0.2, 0.25) is 0 Å². The van der Waals surface area contributed by atoms with Crippen LogP contribution in [0.5, 0.6) is 5.88 Å². The maximum atomic E-state index is 10.7. The summed E-state index contributed by atoms with van der Waals surface area (Å²) in [4.78, 5) is 17.7. The zero-order valence-corrected chi connectivity index (χ0v) is 5.81. The number of hydrogen-bond donors (Lipinski definition) is 1. The highest BCUT2D eigenvalue weighted by Gasteiger charge is 2.06. The average Bonchev–Trinajstić information content (AvgIpc) is 2.03. The number of methoxy groups -OCH3 is 1. The molecule has 58 valence electrons. The number of carbonyl (C=O) groups excluding carboxylic acids is 1. The first-order valence-electron chi connectivity index (χ1n) is 2.83. The number of hydrogen-bond acceptors (Lipinski definition) is 5. The molecular weight excluding hydrogens is 148 g/mol. The number of aromatic hydroxyl groups is 1. The zero-order chi connectivity index (χ0) is 8.27. The molecule has 1 aromatic heterocycles. The molecule has 1 N–H and O–H groups in total. The largest absolute Gasteiger partial charge is 0.493 e. The van der Waals surface area contributed by atoms with Gasteiger partial charge in [0.15, 0.2) is 5.69 Å². The van der Waals surface area contributed by atoms with Gasteiger partial charge >= 0.3 is 5.97 Å². The van der Waals surface area contributed by atoms with Crippen molar-refractivity contribution in [1.29, 1.82) is 0 Å². The van der Waals surface area contributed by atoms with Crippen molar-refractivity contribution in [2.45, 2.75) is 0 Å². The lowest BCUT2D eigenvalue weighted by atomic mass is 10.4. The highest BCUT2D eigenvalue weighted by atomic mass is 16.5. The van der Waals surface area contributed by atoms with E-state index >= 15 is 0 Å². The number of ether oxygens (including phenoxy) is 1. The van der Waals surface area contributed by atoms with Crippen LogP contribution in [0.15, 0.2) is 12.4 Å². The Hall–Kier alpha value is -1.65. The molecule has 0 fully saturated rings. The van der Waals surface area contributed by atoms with E-state index in [9.17, 15) is 4.79 Å². The quantitative estimate of drug-likeness (QED) is 0.575. The Bertz CT molecular complexity index is 274. The second-order valence-electron chi connectivity index (χ2n) is 1.75. The summed E-state index contributed by atoms with van der Waals surface area (Å²) in [6.07, 6.45) is 1.08. The lowest BCUT2D eigenvalue weighted by molar-refractivity contribution is 0.0593. The molecule has 0 bridgehead atoms. The first-order valence-corrected chi connectivity index (χ1v) is 2.83. The summed E-state index contributed by atoms with van der Waals surface area (Å²) in [6, 6.07) is 1.13. The smallest absolute Gasteiger partial charge is 0.356 e. The first-order chi connectivity index (χ1) is 5.24. The fourth-order valence-corrected chi connectivity index (χ4v) is 0.563. The van der Waals surface area contributed by atoms with Gasteiger partial charge in [0.25, 0.3) is 0 Å². The van der Waals surface area contributed by atoms with Crippen LogP contribution >= 0.6 is 0 Å². The van der Waals surface area contributed by atoms with Crippen LogP contribution < -0.4 is 0 Å². The SMILES string of the molecule is COC(=O)c1cc(O)ncn1. The van der Waals surface area contributed by atoms with E-state index in [0.717, 1.165) is 12.4 Å². The minimum Gasteiger partial charge on any atom is -0.493 e. The third-order valence-corrected chi connectivity index (χ3v) is 1.05. The number of carbonyl (C=O) groups is 1. The van der Waals surface area contributed by atoms with E-state index in [-0.39, 0.29) is 11.6 Å². The highest BCUT2D eigenvalue weighted by molar-refractivity contribution is 5.87. The van der Waals surface area contributed by atoms with Crippen LogP contribution in [0, 0.1) is 0 Å². The monoisotopic (exact) mass is 154 g/mol. The van der Waals surface area contributed by atoms with Crippen LogP contribution in [0.3, 0.4) is 0 Å². The van der Waals surface area contributed by atoms with Crippen molar-refractivity contribution in [1.82, 2.24) is 9.97 Å². The summed E-state index contributed by atoms with van der Waals surface area (Å²) in [5, 5.41) is 8.80. The average molecular weight is 154 g/mol. The number of nitrogens with zero attached hydrogens (tertiary/aromatic N) is 2. The summed E-state index contributed by atoms with van der Waals surface area (Å²) in [5.74, 6) is -0.844. The van der Waals surface area contributed by atoms with E-state index < -0.39 is 5.97 Å². The molecule has 0 spiro atoms. The predicted octanol–water partition coefficient (Wildman–Crippen LogP) is -0.0312. The topological polar surface area (TPSA) is 72.3 Å². The maximum Gasteiger partial charge on any atom is 0.356 e. The van der Waals surface area contributed by atoms with Gasteiger partial charge in [-0.05, 0) is 0 Å². The number of rotatable bonds is 1. The maximum absolute atomic E-state index is 10.7. The third kappa shape index (κ3) is 1.64. The molecule has 11 heavy (non-hydrogen) atoms. The zero-order valence-electron chi connectivity index (χ0n) is 5.81. The minimum absolute atomic E-state index is 0.0417. The van der Waals surface area contributed by atoms with E-state index in [2.05, 4.69) is 14.7 Å². The fourth-order valence-electron chi connectivity index (χ4n) is 0.563. The second kappa shape index (κ2) is 2.96. The van der Waals surface area contributed by atoms with Crippen molar-refractivity contribution in [3.63, 3.8) is 0 Å². The van der Waals surface area contributed by atoms with Crippen molar-refractivity contribution in [3.8, 4) is 5.88 Å². The van der Waals surface area contributed by atoms with Gasteiger partial charge in [0, 0.05) is 6.07 Å². The van der Waals surface area contributed by atoms with E-state index in [0.29, 0.717) is 0 Å². The second-order valence-corrected chi connectivity index (χ2v) is 1.75. The summed E-state index contributed by atoms with van der Waals surface area (Å²) < 4.78 is 4.35. The van der Waals surface area contributed by atoms with Crippen molar-refractivity contribution >= 4 is 5.97 Å². The molecule has 0 aromatic carbocycles. The molecule has 1 aromatic rings. The Morgan fingerprint density at radius 1 is 1.64 bits per heavy atom. The molecule has 0 saturated carbocycles. The fraction of sp³-hybridized carbons (Fsp3) is 0.167. The summed E-state index contributed by atoms with van der Waals surface area (Å²) in [7, 11) is 1.24. The normalized spacial score (nSPS) is 9.18. The van der Waals surface area contributed by atoms with Gasteiger partial charge < -0.3 is 9.84 Å². The van der Waals surface area contributed by atoms with Gasteiger partial charge in [0.05, 0.1) is 7.11 Å². The molecular formula is C6H6N2O3. The molecule has 0 amide bonds. The molecule has 0 atom stereocenters. The molecule has 0 saturated heterocycles. The molecule has 5 nitrogen and oxygen atoms in total. The molecule has 0 aliphatic rings. The number of esters is 1. The van der Waals surface area contributed by atoms with E-state index in [4.69, 9.17) is 5.11 Å². The van der Waals surface area contributed by atoms with Crippen molar-refractivity contribution in [2.75, 3.05) is 7.11 Å². The van der Waals surface area contributed by atoms with Gasteiger partial charge in [-0.1, -0.05) is 0 Å². The van der Waals surface area contributed by atoms with Crippen LogP contribution in [0.4, 0.5) is 0 Å². The minimum atomic E-state index is -0.595. The van der Waals surface area contributed by atoms with Crippen molar-refractivity contribution in [2.24, 2.45) is 0 Å². The lowest BCUT2D eigenvalue weighted by Gasteiger charge is -1.96. The van der Waals surface area contributed by atoms with E-state index in [1.54, 1.807) is 0 Å². The summed E-state index contributed by atoms with van der Waals surface area (Å²) in [6.45, 7) is 0. The van der Waals surface area contributed by atoms with Gasteiger partial charge in [-0.25, -0.2) is 14.8 Å². The van der Waals surface area contributed by atoms with Gasteiger partial charge in [0.1, 0.15) is 6.33 Å². The summed E-state index contributed by atoms with van der Waals surface area (Å²) in [5.41, 5.74) is 0.0417. The lowest BCUT2D eigenvalue weighted by Crippen LogP contribution is -2.03. The Morgan fingerprint density at radius 2 is 2.36 bits per heavy atom. The molecule has 0 aliphatic heterocycles. The molecule has 0 aliphatic carbocycles. The van der Waals surface area contributed by atoms with E-state index in [1.165, 1.54) is 7.11 Å². The Balaban J connectivity index is 2.96. The summed E-state index contributed by atoms with van der Waals surface area (Å²) >= 11 is 0. The van der Waals surface area contributed by atoms with Crippen LogP contribution in [-0.2, 0) is 4.74 Å². The Labute approximate surface area is 62.7 Å². The van der Waals surface area contributed by atoms with Gasteiger partial charge in [0.2, 0.25) is 5.88 Å². The third-order valence-electron chi connectivity index (χ3n) is 1.05. The molecule has 0 radical (unpaired) electrons. The molecule has 5 heteroatoms. The molecule has 1 heterocycles. The first kappa shape index (κ1) is 7.46. The predicted molar refractivity (Wildman–Crippen MR) is 35.0 cm³/mol. The highest BCUT2D eigenvalue weighted by Crippen LogP contribution is 2.03. The van der Waals surface area contributed by atoms with E-state index in [1.807, 2.05) is 0 Å². The molecule has 0 unspecified atom stereocenters. The molecule has 1 rings (SSSR count). The van der Waals surface area contributed by atoms with Gasteiger partial charge in [-0.2, -0.15) is 0 Å². The van der Waals surface area contributed by atoms with Crippen molar-refractivity contribution in [3.05, 3.63) is 18.1 Å². The Kier molecular flexibility index (Phi) is 2.00. The van der Waals surface area contributed by atoms with Crippen LogP contribution in [0.25, 0.3) is 0 Å². The van der Waals surface area contributed by atoms with Crippen LogP contribution in [-0.4, -0.2) is 28.2 Å². The van der Waals surface area contributed by atoms with Gasteiger partial charge in [-0.15, -0.1) is 0 Å². The Morgan fingerprint density at radius 3 is 2.91 bits per heavy atom. The van der Waals surface area contributed by atoms with Crippen LogP contribution in [0.1, 0.15) is 10.5 Å². The van der Waals surface area contributed by atoms with Gasteiger partial charge in [-0.3, -0.25) is 0 Å². The number of aromatic nitrogens is 2. The standard InChI is InChI=1S/C6H6N2O3/c1-11-6(10)4-2-5(9)8-3-7-4/h2-3H,1H3,(H,7,8,9). The van der Waals surface area contributed by atoms with Crippen molar-refractivity contribution < 1.29 is 14.6 Å².